The number of fused-ring (bicyclic) bond motifs is 5. The molecule has 2 aliphatic rings. The number of para-hydroxylation sites is 1. The first-order valence-corrected chi connectivity index (χ1v) is 8.51. The number of esters is 1. The van der Waals surface area contributed by atoms with Crippen molar-refractivity contribution in [2.45, 2.75) is 32.1 Å². The molecule has 1 N–H and O–H groups in total. The van der Waals surface area contributed by atoms with E-state index in [1.807, 2.05) is 24.3 Å². The summed E-state index contributed by atoms with van der Waals surface area (Å²) < 4.78 is 6.68. The molecule has 145 valence electrons. The fraction of sp³-hybridized carbons (Fsp3) is 0.238. The van der Waals surface area contributed by atoms with Gasteiger partial charge >= 0.3 is 5.97 Å². The van der Waals surface area contributed by atoms with Crippen molar-refractivity contribution in [2.24, 2.45) is 0 Å². The molecule has 2 aromatic heterocycles. The first kappa shape index (κ1) is 20.1. The van der Waals surface area contributed by atoms with Gasteiger partial charge < -0.3 is 26.8 Å². The van der Waals surface area contributed by atoms with Gasteiger partial charge in [0.2, 0.25) is 0 Å². The quantitative estimate of drug-likeness (QED) is 0.266. The molecular formula is C21H18AmN2O4-2. The van der Waals surface area contributed by atoms with Gasteiger partial charge in [-0.1, -0.05) is 24.6 Å². The van der Waals surface area contributed by atoms with Gasteiger partial charge in [-0.3, -0.25) is 4.79 Å². The van der Waals surface area contributed by atoms with Gasteiger partial charge in [-0.2, -0.15) is 0 Å². The zero-order chi connectivity index (χ0) is 18.1. The molecule has 0 aliphatic carbocycles. The first-order chi connectivity index (χ1) is 12.5. The number of aromatic nitrogens is 2. The fourth-order valence-electron chi connectivity index (χ4n) is 3.82. The average Bonchev–Trinajstić information content (AvgIpc) is 3.01. The van der Waals surface area contributed by atoms with Gasteiger partial charge in [-0.05, 0) is 18.0 Å². The summed E-state index contributed by atoms with van der Waals surface area (Å²) in [5.41, 5.74) is 1.49. The van der Waals surface area contributed by atoms with Crippen molar-refractivity contribution in [3.05, 3.63) is 70.9 Å². The molecule has 0 saturated carbocycles. The number of ether oxygens (including phenoxy) is 1. The van der Waals surface area contributed by atoms with Gasteiger partial charge in [0.15, 0.2) is 5.60 Å². The number of cyclic esters (lactones) is 1. The summed E-state index contributed by atoms with van der Waals surface area (Å²) in [6, 6.07) is 12.7. The van der Waals surface area contributed by atoms with Crippen LogP contribution in [0.25, 0.3) is 22.3 Å². The molecule has 0 amide bonds. The van der Waals surface area contributed by atoms with Crippen molar-refractivity contribution in [3.63, 3.8) is 0 Å². The van der Waals surface area contributed by atoms with Crippen LogP contribution in [0.3, 0.4) is 0 Å². The molecule has 7 heteroatoms. The zero-order valence-electron chi connectivity index (χ0n) is 15.5. The minimum absolute atomic E-state index is 0. The van der Waals surface area contributed by atoms with Crippen molar-refractivity contribution in [1.29, 1.82) is 0 Å². The van der Waals surface area contributed by atoms with E-state index in [9.17, 15) is 14.7 Å². The average molecular weight is 605 g/mol. The fourth-order valence-corrected chi connectivity index (χ4v) is 3.82. The summed E-state index contributed by atoms with van der Waals surface area (Å²) in [5.74, 6) is -0.715. The van der Waals surface area contributed by atoms with Gasteiger partial charge in [0.05, 0.1) is 5.56 Å². The summed E-state index contributed by atoms with van der Waals surface area (Å²) in [6.45, 7) is 1.94. The van der Waals surface area contributed by atoms with Crippen LogP contribution in [-0.2, 0) is 28.3 Å². The predicted octanol–water partition coefficient (Wildman–Crippen LogP) is 2.33. The van der Waals surface area contributed by atoms with E-state index in [0.717, 1.165) is 16.5 Å². The van der Waals surface area contributed by atoms with Crippen LogP contribution in [0.5, 0.6) is 0 Å². The third-order valence-corrected chi connectivity index (χ3v) is 5.31. The molecule has 0 fully saturated rings. The first-order valence-electron chi connectivity index (χ1n) is 8.51. The molecule has 0 saturated heterocycles. The van der Waals surface area contributed by atoms with E-state index < -0.39 is 11.6 Å². The van der Waals surface area contributed by atoms with E-state index in [2.05, 4.69) is 6.07 Å². The molecule has 3 aromatic rings. The van der Waals surface area contributed by atoms with Crippen LogP contribution in [-0.4, -0.2) is 20.6 Å². The molecule has 6 nitrogen and oxygen atoms in total. The molecule has 2 aliphatic heterocycles. The maximum absolute atomic E-state index is 13.0. The molecule has 0 spiro atoms. The van der Waals surface area contributed by atoms with Crippen molar-refractivity contribution in [1.82, 2.24) is 9.55 Å². The van der Waals surface area contributed by atoms with Crippen LogP contribution in [0.15, 0.2) is 35.1 Å². The number of hydrogen-bond donors (Lipinski definition) is 1. The minimum Gasteiger partial charge on any atom is -0.458 e. The number of carbonyl (C=O) groups excluding carboxylic acids is 1. The molecular weight excluding hydrogens is 587 g/mol. The number of hydrogen-bond acceptors (Lipinski definition) is 5. The Morgan fingerprint density at radius 1 is 1.32 bits per heavy atom. The molecule has 28 heavy (non-hydrogen) atoms. The van der Waals surface area contributed by atoms with Gasteiger partial charge in [-0.15, -0.1) is 23.6 Å². The third-order valence-electron chi connectivity index (χ3n) is 5.31. The Hall–Kier alpha value is -2.60. The van der Waals surface area contributed by atoms with Gasteiger partial charge in [0, 0.05) is 37.8 Å². The molecule has 1 radical (unpaired) electrons. The van der Waals surface area contributed by atoms with E-state index in [0.29, 0.717) is 29.1 Å². The molecule has 4 heterocycles. The van der Waals surface area contributed by atoms with Crippen molar-refractivity contribution < 1.29 is 28.9 Å². The smallest absolute Gasteiger partial charge is 0.343 e. The van der Waals surface area contributed by atoms with Crippen LogP contribution < -0.4 is 5.56 Å². The van der Waals surface area contributed by atoms with Gasteiger partial charge in [0.25, 0.3) is 5.56 Å². The second-order valence-electron chi connectivity index (χ2n) is 6.68. The third kappa shape index (κ3) is 2.51. The van der Waals surface area contributed by atoms with E-state index in [-0.39, 0.29) is 40.3 Å². The van der Waals surface area contributed by atoms with Crippen LogP contribution in [0, 0.1) is 27.8 Å². The molecule has 1 aromatic carbocycles. The maximum Gasteiger partial charge on any atom is 0.343 e. The molecule has 0 unspecified atom stereocenters. The molecule has 5 rings (SSSR count). The summed E-state index contributed by atoms with van der Waals surface area (Å²) in [4.78, 5) is 29.8. The Balaban J connectivity index is 0.00000112. The number of pyridine rings is 2. The standard InChI is InChI=1S/C20H15N2O4.CH3.Am/c1-2-20(25)14-8-16-17-12(7-11-5-3-4-6-15(11)21-17)9-22(16)18(23)13(14)10-26-19(20)24;;/h3-6,8,25H,2,9-10H2,1H3;1H3;/q2*-1;/t20-;;/m0../s1. The largest absolute Gasteiger partial charge is 0.458 e. The second-order valence-corrected chi connectivity index (χ2v) is 6.68. The van der Waals surface area contributed by atoms with Gasteiger partial charge in [0.1, 0.15) is 6.61 Å². The van der Waals surface area contributed by atoms with Crippen molar-refractivity contribution >= 4 is 16.9 Å². The van der Waals surface area contributed by atoms with Crippen LogP contribution >= 0.6 is 0 Å². The van der Waals surface area contributed by atoms with E-state index in [1.54, 1.807) is 17.6 Å². The summed E-state index contributed by atoms with van der Waals surface area (Å²) >= 11 is 0. The maximum atomic E-state index is 13.0. The zero-order valence-corrected chi connectivity index (χ0v) is 18.6. The Morgan fingerprint density at radius 3 is 2.82 bits per heavy atom. The Bertz CT molecular complexity index is 1170. The summed E-state index contributed by atoms with van der Waals surface area (Å²) in [6.07, 6.45) is 0.131. The van der Waals surface area contributed by atoms with E-state index in [4.69, 9.17) is 9.72 Å². The number of aliphatic hydroxyl groups is 1. The Morgan fingerprint density at radius 2 is 2.07 bits per heavy atom. The molecule has 1 atom stereocenters. The number of nitrogens with zero attached hydrogens (tertiary/aromatic N) is 2. The van der Waals surface area contributed by atoms with Crippen LogP contribution in [0.4, 0.5) is 0 Å². The Kier molecular flexibility index (Phi) is 4.88. The van der Waals surface area contributed by atoms with Gasteiger partial charge in [-0.25, -0.2) is 4.79 Å². The number of carbonyl (C=O) groups is 1. The van der Waals surface area contributed by atoms with E-state index >= 15 is 0 Å². The topological polar surface area (TPSA) is 81.4 Å². The van der Waals surface area contributed by atoms with Crippen LogP contribution in [0.1, 0.15) is 30.0 Å². The summed E-state index contributed by atoms with van der Waals surface area (Å²) in [5, 5.41) is 11.7. The SMILES string of the molecule is CC[C@@]1(O)C(=O)OCc2c1cc1n(c2=O)Cc2[c-]c3ccccc3nc2-1.[Am].[CH3-]. The van der Waals surface area contributed by atoms with Crippen molar-refractivity contribution in [3.8, 4) is 11.4 Å². The Labute approximate surface area is 170 Å². The number of rotatable bonds is 1. The minimum atomic E-state index is -1.80. The second kappa shape index (κ2) is 6.78. The van der Waals surface area contributed by atoms with Crippen molar-refractivity contribution in [2.75, 3.05) is 0 Å². The normalized spacial score (nSPS) is 19.0. The van der Waals surface area contributed by atoms with E-state index in [1.165, 1.54) is 0 Å². The summed E-state index contributed by atoms with van der Waals surface area (Å²) in [7, 11) is 0. The molecule has 0 bridgehead atoms. The van der Waals surface area contributed by atoms with Crippen LogP contribution in [0.2, 0.25) is 0 Å². The monoisotopic (exact) mass is 603 g/mol. The predicted molar refractivity (Wildman–Crippen MR) is 99.8 cm³/mol. The number of benzene rings is 1.